The minimum atomic E-state index is 0.00531. The molecule has 5 nitrogen and oxygen atoms in total. The highest BCUT2D eigenvalue weighted by atomic mass is 32.2. The van der Waals surface area contributed by atoms with Crippen molar-refractivity contribution in [3.05, 3.63) is 78.1 Å². The van der Waals surface area contributed by atoms with Gasteiger partial charge in [0.15, 0.2) is 5.13 Å². The average Bonchev–Trinajstić information content (AvgIpc) is 3.24. The molecule has 0 aliphatic rings. The summed E-state index contributed by atoms with van der Waals surface area (Å²) in [5, 5.41) is 0.671. The van der Waals surface area contributed by atoms with Crippen LogP contribution in [-0.2, 0) is 17.8 Å². The molecule has 2 heterocycles. The Labute approximate surface area is 190 Å². The molecule has 4 rings (SSSR count). The lowest BCUT2D eigenvalue weighted by molar-refractivity contribution is -0.118. The number of ether oxygens (including phenoxy) is 1. The third kappa shape index (κ3) is 5.06. The van der Waals surface area contributed by atoms with Crippen LogP contribution in [-0.4, -0.2) is 28.7 Å². The molecule has 0 bridgehead atoms. The van der Waals surface area contributed by atoms with Gasteiger partial charge >= 0.3 is 0 Å². The Morgan fingerprint density at radius 1 is 1.06 bits per heavy atom. The van der Waals surface area contributed by atoms with Crippen LogP contribution in [0.3, 0.4) is 0 Å². The van der Waals surface area contributed by atoms with E-state index in [9.17, 15) is 4.79 Å². The SMILES string of the molecule is CCOc1cccc2sc(N(Cc3ccncc3)C(=O)Cc3ccc(SC)cc3)nc12. The van der Waals surface area contributed by atoms with Crippen molar-refractivity contribution in [1.29, 1.82) is 0 Å². The number of hydrogen-bond donors (Lipinski definition) is 0. The summed E-state index contributed by atoms with van der Waals surface area (Å²) in [5.74, 6) is 0.747. The van der Waals surface area contributed by atoms with Gasteiger partial charge in [-0.2, -0.15) is 0 Å². The van der Waals surface area contributed by atoms with Gasteiger partial charge in [0.25, 0.3) is 0 Å². The van der Waals surface area contributed by atoms with Crippen LogP contribution in [0.4, 0.5) is 5.13 Å². The number of pyridine rings is 1. The number of carbonyl (C=O) groups excluding carboxylic acids is 1. The summed E-state index contributed by atoms with van der Waals surface area (Å²) in [6.45, 7) is 2.96. The Morgan fingerprint density at radius 3 is 2.55 bits per heavy atom. The third-order valence-electron chi connectivity index (χ3n) is 4.81. The summed E-state index contributed by atoms with van der Waals surface area (Å²) >= 11 is 3.19. The summed E-state index contributed by atoms with van der Waals surface area (Å²) in [6.07, 6.45) is 5.84. The van der Waals surface area contributed by atoms with Crippen molar-refractivity contribution in [2.24, 2.45) is 0 Å². The molecule has 158 valence electrons. The normalized spacial score (nSPS) is 10.9. The van der Waals surface area contributed by atoms with Crippen LogP contribution in [0.5, 0.6) is 5.75 Å². The number of fused-ring (bicyclic) bond motifs is 1. The number of thioether (sulfide) groups is 1. The summed E-state index contributed by atoms with van der Waals surface area (Å²) in [7, 11) is 0. The fraction of sp³-hybridized carbons (Fsp3) is 0.208. The predicted octanol–water partition coefficient (Wildman–Crippen LogP) is 5.59. The maximum absolute atomic E-state index is 13.4. The van der Waals surface area contributed by atoms with Crippen molar-refractivity contribution >= 4 is 44.4 Å². The van der Waals surface area contributed by atoms with Gasteiger partial charge in [0, 0.05) is 17.3 Å². The van der Waals surface area contributed by atoms with E-state index < -0.39 is 0 Å². The second-order valence-corrected chi connectivity index (χ2v) is 8.78. The first-order valence-corrected chi connectivity index (χ1v) is 12.1. The lowest BCUT2D eigenvalue weighted by atomic mass is 10.1. The van der Waals surface area contributed by atoms with Gasteiger partial charge in [-0.1, -0.05) is 29.5 Å². The van der Waals surface area contributed by atoms with Crippen LogP contribution >= 0.6 is 23.1 Å². The number of rotatable bonds is 8. The van der Waals surface area contributed by atoms with Crippen LogP contribution in [0, 0.1) is 0 Å². The van der Waals surface area contributed by atoms with E-state index in [0.29, 0.717) is 24.7 Å². The van der Waals surface area contributed by atoms with Gasteiger partial charge in [-0.15, -0.1) is 11.8 Å². The highest BCUT2D eigenvalue weighted by molar-refractivity contribution is 7.98. The second kappa shape index (κ2) is 9.94. The molecule has 2 aromatic heterocycles. The molecule has 0 spiro atoms. The van der Waals surface area contributed by atoms with E-state index in [0.717, 1.165) is 27.1 Å². The molecule has 0 atom stereocenters. The maximum atomic E-state index is 13.4. The number of nitrogens with zero attached hydrogens (tertiary/aromatic N) is 3. The van der Waals surface area contributed by atoms with Crippen molar-refractivity contribution in [2.45, 2.75) is 24.8 Å². The van der Waals surface area contributed by atoms with Crippen LogP contribution < -0.4 is 9.64 Å². The summed E-state index contributed by atoms with van der Waals surface area (Å²) in [4.78, 5) is 25.2. The first-order chi connectivity index (χ1) is 15.2. The maximum Gasteiger partial charge on any atom is 0.233 e. The minimum absolute atomic E-state index is 0.00531. The van der Waals surface area contributed by atoms with Gasteiger partial charge in [-0.25, -0.2) is 4.98 Å². The zero-order valence-corrected chi connectivity index (χ0v) is 19.1. The van der Waals surface area contributed by atoms with E-state index in [1.165, 1.54) is 16.2 Å². The van der Waals surface area contributed by atoms with Crippen LogP contribution in [0.25, 0.3) is 10.2 Å². The van der Waals surface area contributed by atoms with Crippen molar-refractivity contribution < 1.29 is 9.53 Å². The quantitative estimate of drug-likeness (QED) is 0.328. The van der Waals surface area contributed by atoms with Gasteiger partial charge < -0.3 is 4.74 Å². The fourth-order valence-electron chi connectivity index (χ4n) is 3.25. The highest BCUT2D eigenvalue weighted by Gasteiger charge is 2.21. The number of anilines is 1. The number of thiazole rings is 1. The number of hydrogen-bond acceptors (Lipinski definition) is 6. The summed E-state index contributed by atoms with van der Waals surface area (Å²) < 4.78 is 6.74. The molecule has 1 amide bonds. The van der Waals surface area contributed by atoms with Gasteiger partial charge in [-0.05, 0) is 60.7 Å². The van der Waals surface area contributed by atoms with Crippen molar-refractivity contribution in [2.75, 3.05) is 17.8 Å². The number of para-hydroxylation sites is 1. The number of amides is 1. The van der Waals surface area contributed by atoms with Crippen molar-refractivity contribution in [1.82, 2.24) is 9.97 Å². The second-order valence-electron chi connectivity index (χ2n) is 6.89. The van der Waals surface area contributed by atoms with Crippen LogP contribution in [0.15, 0.2) is 71.9 Å². The van der Waals surface area contributed by atoms with Gasteiger partial charge in [0.2, 0.25) is 5.91 Å². The van der Waals surface area contributed by atoms with Crippen LogP contribution in [0.2, 0.25) is 0 Å². The molecule has 0 radical (unpaired) electrons. The molecule has 0 saturated heterocycles. The molecule has 0 aliphatic heterocycles. The standard InChI is InChI=1S/C24H23N3O2S2/c1-3-29-20-5-4-6-21-23(20)26-24(31-21)27(16-18-11-13-25-14-12-18)22(28)15-17-7-9-19(30-2)10-8-17/h4-14H,3,15-16H2,1-2H3. The van der Waals surface area contributed by atoms with E-state index in [1.807, 2.05) is 67.8 Å². The Morgan fingerprint density at radius 2 is 1.84 bits per heavy atom. The Hall–Kier alpha value is -2.90. The molecular formula is C24H23N3O2S2. The van der Waals surface area contributed by atoms with E-state index >= 15 is 0 Å². The highest BCUT2D eigenvalue weighted by Crippen LogP contribution is 2.35. The molecule has 31 heavy (non-hydrogen) atoms. The molecule has 0 N–H and O–H groups in total. The van der Waals surface area contributed by atoms with Crippen molar-refractivity contribution in [3.63, 3.8) is 0 Å². The summed E-state index contributed by atoms with van der Waals surface area (Å²) in [6, 6.07) is 17.8. The fourth-order valence-corrected chi connectivity index (χ4v) is 4.65. The first-order valence-electron chi connectivity index (χ1n) is 10.0. The zero-order valence-electron chi connectivity index (χ0n) is 17.4. The van der Waals surface area contributed by atoms with Crippen molar-refractivity contribution in [3.8, 4) is 5.75 Å². The van der Waals surface area contributed by atoms with E-state index in [2.05, 4.69) is 4.98 Å². The molecule has 0 fully saturated rings. The van der Waals surface area contributed by atoms with Crippen LogP contribution in [0.1, 0.15) is 18.1 Å². The Balaban J connectivity index is 1.67. The minimum Gasteiger partial charge on any atom is -0.492 e. The zero-order chi connectivity index (χ0) is 21.6. The average molecular weight is 450 g/mol. The van der Waals surface area contributed by atoms with E-state index in [4.69, 9.17) is 9.72 Å². The Kier molecular flexibility index (Phi) is 6.84. The molecule has 4 aromatic rings. The lowest BCUT2D eigenvalue weighted by Crippen LogP contribution is -2.31. The van der Waals surface area contributed by atoms with E-state index in [-0.39, 0.29) is 5.91 Å². The monoisotopic (exact) mass is 449 g/mol. The summed E-state index contributed by atoms with van der Waals surface area (Å²) in [5.41, 5.74) is 2.78. The molecule has 0 saturated carbocycles. The first kappa shape index (κ1) is 21.3. The predicted molar refractivity (Wildman–Crippen MR) is 128 cm³/mol. The number of benzene rings is 2. The molecule has 0 unspecified atom stereocenters. The number of carbonyl (C=O) groups is 1. The largest absolute Gasteiger partial charge is 0.492 e. The Bertz CT molecular complexity index is 1160. The third-order valence-corrected chi connectivity index (χ3v) is 6.59. The van der Waals surface area contributed by atoms with E-state index in [1.54, 1.807) is 29.1 Å². The molecule has 2 aromatic carbocycles. The van der Waals surface area contributed by atoms with Gasteiger partial charge in [0.05, 0.1) is 24.3 Å². The molecular weight excluding hydrogens is 426 g/mol. The number of aromatic nitrogens is 2. The molecule has 7 heteroatoms. The smallest absolute Gasteiger partial charge is 0.233 e. The van der Waals surface area contributed by atoms with Gasteiger partial charge in [-0.3, -0.25) is 14.7 Å². The molecule has 0 aliphatic carbocycles. The topological polar surface area (TPSA) is 55.3 Å². The lowest BCUT2D eigenvalue weighted by Gasteiger charge is -2.20. The van der Waals surface area contributed by atoms with Gasteiger partial charge in [0.1, 0.15) is 11.3 Å².